The number of nitrogens with zero attached hydrogens (tertiary/aromatic N) is 1. The molecule has 0 fully saturated rings. The lowest BCUT2D eigenvalue weighted by molar-refractivity contribution is -0.142. The zero-order valence-corrected chi connectivity index (χ0v) is 23.8. The van der Waals surface area contributed by atoms with Gasteiger partial charge in [0.2, 0.25) is 5.91 Å². The van der Waals surface area contributed by atoms with Gasteiger partial charge in [0.15, 0.2) is 5.96 Å². The number of carboxylic acids is 1. The average Bonchev–Trinajstić information content (AvgIpc) is 2.84. The molecule has 3 N–H and O–H groups in total. The minimum Gasteiger partial charge on any atom is -0.480 e. The molecule has 0 radical (unpaired) electrons. The molecule has 1 unspecified atom stereocenters. The molecule has 0 aliphatic rings. The van der Waals surface area contributed by atoms with Crippen LogP contribution in [0, 0.1) is 5.41 Å². The fourth-order valence-electron chi connectivity index (χ4n) is 4.07. The molecule has 0 bridgehead atoms. The van der Waals surface area contributed by atoms with Crippen molar-refractivity contribution in [3.05, 3.63) is 12.2 Å². The van der Waals surface area contributed by atoms with Gasteiger partial charge < -0.3 is 10.0 Å². The summed E-state index contributed by atoms with van der Waals surface area (Å²) in [7, 11) is 0. The first-order chi connectivity index (χ1) is 18.1. The van der Waals surface area contributed by atoms with E-state index < -0.39 is 30.9 Å². The van der Waals surface area contributed by atoms with Crippen molar-refractivity contribution in [2.75, 3.05) is 6.98 Å². The maximum absolute atomic E-state index is 12.3. The molecule has 36 heavy (non-hydrogen) atoms. The number of carboxylic acid groups (broad SMARTS) is 1. The van der Waals surface area contributed by atoms with Crippen LogP contribution >= 0.6 is 12.4 Å². The fraction of sp³-hybridized carbons (Fsp3) is 0.828. The normalized spacial score (nSPS) is 13.3. The number of aliphatic carboxylic acids is 1. The number of nitrogens with one attached hydrogen (secondary N) is 2. The van der Waals surface area contributed by atoms with Gasteiger partial charge in [0, 0.05) is 17.5 Å². The molecule has 0 aliphatic heterocycles. The minimum absolute atomic E-state index is 0. The summed E-state index contributed by atoms with van der Waals surface area (Å²) < 4.78 is 23.3. The Balaban J connectivity index is 0. The molecular formula is C29H56ClN3O3. The molecule has 0 saturated carbocycles. The lowest BCUT2D eigenvalue weighted by atomic mass is 10.1. The van der Waals surface area contributed by atoms with Gasteiger partial charge in [-0.2, -0.15) is 0 Å². The number of allylic oxidation sites excluding steroid dienone is 2. The van der Waals surface area contributed by atoms with Crippen LogP contribution in [0.25, 0.3) is 0 Å². The highest BCUT2D eigenvalue weighted by Gasteiger charge is 2.25. The second-order valence-corrected chi connectivity index (χ2v) is 9.66. The number of unbranched alkanes of at least 4 members (excludes halogenated alkanes) is 15. The fourth-order valence-corrected chi connectivity index (χ4v) is 4.07. The van der Waals surface area contributed by atoms with Crippen LogP contribution in [0.4, 0.5) is 0 Å². The van der Waals surface area contributed by atoms with Crippen molar-refractivity contribution in [3.8, 4) is 0 Å². The zero-order valence-electron chi connectivity index (χ0n) is 26.0. The van der Waals surface area contributed by atoms with Crippen molar-refractivity contribution in [2.45, 2.75) is 148 Å². The first-order valence-electron chi connectivity index (χ1n) is 15.7. The lowest BCUT2D eigenvalue weighted by Crippen LogP contribution is -2.49. The number of carbonyl (C=O) groups is 2. The highest BCUT2D eigenvalue weighted by Crippen LogP contribution is 2.12. The van der Waals surface area contributed by atoms with Crippen LogP contribution in [-0.4, -0.2) is 40.9 Å². The van der Waals surface area contributed by atoms with Crippen LogP contribution < -0.4 is 5.32 Å². The predicted molar refractivity (Wildman–Crippen MR) is 155 cm³/mol. The molecule has 0 aromatic rings. The first-order valence-corrected chi connectivity index (χ1v) is 14.2. The third-order valence-corrected chi connectivity index (χ3v) is 6.34. The molecule has 0 spiro atoms. The topological polar surface area (TPSA) is 93.5 Å². The number of likely N-dealkylation sites (N-methyl/N-ethyl adjacent to an activating group) is 1. The van der Waals surface area contributed by atoms with E-state index in [1.165, 1.54) is 44.9 Å². The summed E-state index contributed by atoms with van der Waals surface area (Å²) in [6, 6.07) is -1.38. The van der Waals surface area contributed by atoms with Crippen LogP contribution in [0.15, 0.2) is 12.2 Å². The van der Waals surface area contributed by atoms with Gasteiger partial charge in [-0.1, -0.05) is 109 Å². The first kappa shape index (κ1) is 30.7. The van der Waals surface area contributed by atoms with Crippen LogP contribution in [0.1, 0.15) is 146 Å². The number of guanidine groups is 1. The minimum atomic E-state index is -2.83. The van der Waals surface area contributed by atoms with Crippen molar-refractivity contribution in [1.29, 1.82) is 5.41 Å². The van der Waals surface area contributed by atoms with E-state index in [0.29, 0.717) is 17.7 Å². The third kappa shape index (κ3) is 21.7. The molecule has 1 atom stereocenters. The Kier molecular flexibility index (Phi) is 22.6. The van der Waals surface area contributed by atoms with E-state index in [1.807, 2.05) is 0 Å². The van der Waals surface area contributed by atoms with Crippen LogP contribution in [0.3, 0.4) is 0 Å². The monoisotopic (exact) mass is 532 g/mol. The summed E-state index contributed by atoms with van der Waals surface area (Å²) >= 11 is 0. The van der Waals surface area contributed by atoms with Crippen LogP contribution in [0.2, 0.25) is 0 Å². The molecule has 0 rings (SSSR count). The number of hydrogen-bond donors (Lipinski definition) is 3. The molecular weight excluding hydrogens is 474 g/mol. The lowest BCUT2D eigenvalue weighted by Gasteiger charge is -2.27. The standard InChI is InChI=1S/C29H55N3O3.ClH/c1-4-6-8-10-11-12-13-14-15-16-17-18-19-21-23-25-27(33)31-29(30)32(3)26(28(34)35)24-22-20-9-7-5-2;/h14-15,26H,4-13,16-25H2,1-3H3,(H,34,35)(H2,30,31,33);1H/b15-14-;/i3D3;. The van der Waals surface area contributed by atoms with Gasteiger partial charge in [0.1, 0.15) is 6.04 Å². The summed E-state index contributed by atoms with van der Waals surface area (Å²) in [6.07, 6.45) is 24.3. The van der Waals surface area contributed by atoms with E-state index in [1.54, 1.807) is 0 Å². The molecule has 0 aromatic heterocycles. The van der Waals surface area contributed by atoms with Crippen LogP contribution in [-0.2, 0) is 9.59 Å². The van der Waals surface area contributed by atoms with Gasteiger partial charge >= 0.3 is 5.97 Å². The Morgan fingerprint density at radius 1 is 0.833 bits per heavy atom. The smallest absolute Gasteiger partial charge is 0.326 e. The Labute approximate surface area is 232 Å². The van der Waals surface area contributed by atoms with E-state index in [2.05, 4.69) is 31.3 Å². The van der Waals surface area contributed by atoms with Crippen molar-refractivity contribution >= 4 is 30.2 Å². The summed E-state index contributed by atoms with van der Waals surface area (Å²) in [5, 5.41) is 20.1. The van der Waals surface area contributed by atoms with Gasteiger partial charge in [0.25, 0.3) is 0 Å². The molecule has 7 heteroatoms. The van der Waals surface area contributed by atoms with E-state index in [0.717, 1.165) is 57.8 Å². The van der Waals surface area contributed by atoms with E-state index in [-0.39, 0.29) is 25.2 Å². The van der Waals surface area contributed by atoms with Crippen molar-refractivity contribution in [3.63, 3.8) is 0 Å². The highest BCUT2D eigenvalue weighted by molar-refractivity contribution is 5.96. The molecule has 0 heterocycles. The van der Waals surface area contributed by atoms with Gasteiger partial charge in [-0.25, -0.2) is 4.79 Å². The molecule has 0 aromatic carbocycles. The average molecular weight is 533 g/mol. The maximum atomic E-state index is 12.3. The molecule has 0 saturated heterocycles. The molecule has 1 amide bonds. The predicted octanol–water partition coefficient (Wildman–Crippen LogP) is 8.24. The zero-order chi connectivity index (χ0) is 28.7. The van der Waals surface area contributed by atoms with Crippen molar-refractivity contribution in [1.82, 2.24) is 10.2 Å². The van der Waals surface area contributed by atoms with Gasteiger partial charge in [-0.15, -0.1) is 12.4 Å². The summed E-state index contributed by atoms with van der Waals surface area (Å²) in [4.78, 5) is 24.7. The van der Waals surface area contributed by atoms with Crippen molar-refractivity contribution < 1.29 is 18.8 Å². The Bertz CT molecular complexity index is 676. The number of carbonyl (C=O) groups excluding carboxylic acids is 1. The highest BCUT2D eigenvalue weighted by atomic mass is 35.5. The Morgan fingerprint density at radius 3 is 1.81 bits per heavy atom. The third-order valence-electron chi connectivity index (χ3n) is 6.34. The Hall–Kier alpha value is -1.56. The van der Waals surface area contributed by atoms with E-state index >= 15 is 0 Å². The van der Waals surface area contributed by atoms with E-state index in [4.69, 9.17) is 9.52 Å². The van der Waals surface area contributed by atoms with E-state index in [9.17, 15) is 14.7 Å². The largest absolute Gasteiger partial charge is 0.480 e. The Morgan fingerprint density at radius 2 is 1.31 bits per heavy atom. The molecule has 0 aliphatic carbocycles. The number of halogens is 1. The quantitative estimate of drug-likeness (QED) is 0.0534. The SMILES string of the molecule is Cl.[2H]C([2H])([2H])N(C(=N)NC(=O)CCCCCCC/C=C\CCCCCCCC)C(CCCCCCC)C(=O)O. The second kappa shape index (κ2) is 26.5. The van der Waals surface area contributed by atoms with Gasteiger partial charge in [-0.3, -0.25) is 15.5 Å². The molecule has 6 nitrogen and oxygen atoms in total. The van der Waals surface area contributed by atoms with Crippen LogP contribution in [0.5, 0.6) is 0 Å². The molecule has 212 valence electrons. The second-order valence-electron chi connectivity index (χ2n) is 9.66. The number of rotatable bonds is 23. The maximum Gasteiger partial charge on any atom is 0.326 e. The number of amides is 1. The van der Waals surface area contributed by atoms with Gasteiger partial charge in [0.05, 0.1) is 0 Å². The summed E-state index contributed by atoms with van der Waals surface area (Å²) in [5.74, 6) is -2.41. The van der Waals surface area contributed by atoms with Crippen molar-refractivity contribution in [2.24, 2.45) is 0 Å². The summed E-state index contributed by atoms with van der Waals surface area (Å²) in [5.41, 5.74) is 0. The number of hydrogen-bond acceptors (Lipinski definition) is 3. The van der Waals surface area contributed by atoms with Gasteiger partial charge in [-0.05, 0) is 38.5 Å². The summed E-state index contributed by atoms with van der Waals surface area (Å²) in [6.45, 7) is 1.49.